The van der Waals surface area contributed by atoms with Gasteiger partial charge in [0.15, 0.2) is 0 Å². The number of hydrogen-bond donors (Lipinski definition) is 1. The Balaban J connectivity index is 2.15. The van der Waals surface area contributed by atoms with E-state index in [0.29, 0.717) is 13.2 Å². The highest BCUT2D eigenvalue weighted by Crippen LogP contribution is 2.26. The highest BCUT2D eigenvalue weighted by molar-refractivity contribution is 4.96. The SMILES string of the molecule is CC#CCOCC1(N)CCCC1. The molecule has 0 radical (unpaired) electrons. The molecule has 1 saturated carbocycles. The van der Waals surface area contributed by atoms with Gasteiger partial charge in [-0.25, -0.2) is 0 Å². The molecule has 0 bridgehead atoms. The molecule has 0 unspecified atom stereocenters. The Kier molecular flexibility index (Phi) is 3.58. The van der Waals surface area contributed by atoms with E-state index in [1.54, 1.807) is 0 Å². The molecule has 1 aliphatic rings. The molecule has 2 heteroatoms. The average Bonchev–Trinajstić information content (AvgIpc) is 2.47. The van der Waals surface area contributed by atoms with E-state index in [0.717, 1.165) is 12.8 Å². The van der Waals surface area contributed by atoms with Crippen molar-refractivity contribution in [1.29, 1.82) is 0 Å². The van der Waals surface area contributed by atoms with Gasteiger partial charge in [-0.2, -0.15) is 0 Å². The van der Waals surface area contributed by atoms with Crippen LogP contribution in [-0.2, 0) is 4.74 Å². The molecule has 0 aliphatic heterocycles. The van der Waals surface area contributed by atoms with Crippen LogP contribution in [0.25, 0.3) is 0 Å². The van der Waals surface area contributed by atoms with Crippen LogP contribution in [0.1, 0.15) is 32.6 Å². The Bertz CT molecular complexity index is 184. The monoisotopic (exact) mass is 167 g/mol. The summed E-state index contributed by atoms with van der Waals surface area (Å²) in [6.07, 6.45) is 4.71. The number of hydrogen-bond acceptors (Lipinski definition) is 2. The number of nitrogens with two attached hydrogens (primary N) is 1. The normalized spacial score (nSPS) is 20.2. The van der Waals surface area contributed by atoms with Gasteiger partial charge in [0, 0.05) is 5.54 Å². The van der Waals surface area contributed by atoms with Crippen LogP contribution in [0.2, 0.25) is 0 Å². The average molecular weight is 167 g/mol. The fourth-order valence-corrected chi connectivity index (χ4v) is 1.60. The lowest BCUT2D eigenvalue weighted by Crippen LogP contribution is -2.41. The predicted octanol–water partition coefficient (Wildman–Crippen LogP) is 1.30. The van der Waals surface area contributed by atoms with E-state index in [1.807, 2.05) is 6.92 Å². The fraction of sp³-hybridized carbons (Fsp3) is 0.800. The molecule has 2 N–H and O–H groups in total. The minimum absolute atomic E-state index is 0.0462. The highest BCUT2D eigenvalue weighted by Gasteiger charge is 2.29. The van der Waals surface area contributed by atoms with Crippen molar-refractivity contribution in [3.8, 4) is 11.8 Å². The lowest BCUT2D eigenvalue weighted by molar-refractivity contribution is 0.111. The largest absolute Gasteiger partial charge is 0.367 e. The van der Waals surface area contributed by atoms with Crippen molar-refractivity contribution >= 4 is 0 Å². The Morgan fingerprint density at radius 3 is 2.67 bits per heavy atom. The molecule has 0 amide bonds. The zero-order chi connectivity index (χ0) is 8.86. The second-order valence-electron chi connectivity index (χ2n) is 3.49. The van der Waals surface area contributed by atoms with Gasteiger partial charge in [-0.15, -0.1) is 5.92 Å². The first-order chi connectivity index (χ1) is 5.77. The lowest BCUT2D eigenvalue weighted by Gasteiger charge is -2.22. The number of rotatable bonds is 3. The zero-order valence-electron chi connectivity index (χ0n) is 7.73. The minimum Gasteiger partial charge on any atom is -0.367 e. The first-order valence-electron chi connectivity index (χ1n) is 4.53. The van der Waals surface area contributed by atoms with E-state index in [9.17, 15) is 0 Å². The van der Waals surface area contributed by atoms with Gasteiger partial charge in [0.1, 0.15) is 6.61 Å². The van der Waals surface area contributed by atoms with Crippen LogP contribution in [0.4, 0.5) is 0 Å². The lowest BCUT2D eigenvalue weighted by atomic mass is 10.0. The summed E-state index contributed by atoms with van der Waals surface area (Å²) >= 11 is 0. The molecular formula is C10H17NO. The topological polar surface area (TPSA) is 35.2 Å². The second kappa shape index (κ2) is 4.49. The van der Waals surface area contributed by atoms with Gasteiger partial charge < -0.3 is 10.5 Å². The molecule has 0 aromatic heterocycles. The molecule has 68 valence electrons. The predicted molar refractivity (Wildman–Crippen MR) is 49.7 cm³/mol. The third kappa shape index (κ3) is 2.84. The van der Waals surface area contributed by atoms with Gasteiger partial charge in [-0.1, -0.05) is 18.8 Å². The summed E-state index contributed by atoms with van der Waals surface area (Å²) in [6, 6.07) is 0. The van der Waals surface area contributed by atoms with Crippen molar-refractivity contribution < 1.29 is 4.74 Å². The molecule has 2 nitrogen and oxygen atoms in total. The summed E-state index contributed by atoms with van der Waals surface area (Å²) in [5.74, 6) is 5.65. The van der Waals surface area contributed by atoms with Gasteiger partial charge in [-0.05, 0) is 19.8 Å². The van der Waals surface area contributed by atoms with Crippen molar-refractivity contribution in [3.63, 3.8) is 0 Å². The van der Waals surface area contributed by atoms with Crippen LogP contribution in [-0.4, -0.2) is 18.8 Å². The summed E-state index contributed by atoms with van der Waals surface area (Å²) in [6.45, 7) is 3.01. The van der Waals surface area contributed by atoms with Gasteiger partial charge in [-0.3, -0.25) is 0 Å². The van der Waals surface area contributed by atoms with Crippen LogP contribution < -0.4 is 5.73 Å². The first-order valence-corrected chi connectivity index (χ1v) is 4.53. The van der Waals surface area contributed by atoms with E-state index in [-0.39, 0.29) is 5.54 Å². The molecule has 0 aromatic carbocycles. The first kappa shape index (κ1) is 9.57. The second-order valence-corrected chi connectivity index (χ2v) is 3.49. The van der Waals surface area contributed by atoms with Gasteiger partial charge in [0.25, 0.3) is 0 Å². The van der Waals surface area contributed by atoms with E-state index in [1.165, 1.54) is 12.8 Å². The standard InChI is InChI=1S/C10H17NO/c1-2-3-8-12-9-10(11)6-4-5-7-10/h4-9,11H2,1H3. The molecular weight excluding hydrogens is 150 g/mol. The molecule has 1 fully saturated rings. The Morgan fingerprint density at radius 1 is 1.42 bits per heavy atom. The molecule has 12 heavy (non-hydrogen) atoms. The summed E-state index contributed by atoms with van der Waals surface area (Å²) in [5.41, 5.74) is 6.02. The van der Waals surface area contributed by atoms with Crippen LogP contribution in [0, 0.1) is 11.8 Å². The fourth-order valence-electron chi connectivity index (χ4n) is 1.60. The maximum absolute atomic E-state index is 6.07. The molecule has 1 aliphatic carbocycles. The molecule has 0 aromatic rings. The Morgan fingerprint density at radius 2 is 2.08 bits per heavy atom. The molecule has 1 rings (SSSR count). The molecule has 0 spiro atoms. The Hall–Kier alpha value is -0.520. The van der Waals surface area contributed by atoms with Crippen molar-refractivity contribution in [1.82, 2.24) is 0 Å². The van der Waals surface area contributed by atoms with E-state index >= 15 is 0 Å². The Labute approximate surface area is 74.5 Å². The summed E-state index contributed by atoms with van der Waals surface area (Å²) in [5, 5.41) is 0. The third-order valence-corrected chi connectivity index (χ3v) is 2.34. The molecule has 0 atom stereocenters. The maximum atomic E-state index is 6.07. The van der Waals surface area contributed by atoms with E-state index in [4.69, 9.17) is 10.5 Å². The van der Waals surface area contributed by atoms with Crippen LogP contribution in [0.3, 0.4) is 0 Å². The quantitative estimate of drug-likeness (QED) is 0.508. The smallest absolute Gasteiger partial charge is 0.107 e. The molecule has 0 heterocycles. The van der Waals surface area contributed by atoms with Crippen molar-refractivity contribution in [2.75, 3.05) is 13.2 Å². The van der Waals surface area contributed by atoms with Crippen molar-refractivity contribution in [2.24, 2.45) is 5.73 Å². The number of ether oxygens (including phenoxy) is 1. The van der Waals surface area contributed by atoms with Gasteiger partial charge in [0.05, 0.1) is 6.61 Å². The van der Waals surface area contributed by atoms with E-state index < -0.39 is 0 Å². The van der Waals surface area contributed by atoms with Gasteiger partial charge >= 0.3 is 0 Å². The minimum atomic E-state index is -0.0462. The maximum Gasteiger partial charge on any atom is 0.107 e. The molecule has 0 saturated heterocycles. The third-order valence-electron chi connectivity index (χ3n) is 2.34. The van der Waals surface area contributed by atoms with Crippen LogP contribution in [0.15, 0.2) is 0 Å². The van der Waals surface area contributed by atoms with Crippen molar-refractivity contribution in [3.05, 3.63) is 0 Å². The van der Waals surface area contributed by atoms with E-state index in [2.05, 4.69) is 11.8 Å². The summed E-state index contributed by atoms with van der Waals surface area (Å²) in [7, 11) is 0. The summed E-state index contributed by atoms with van der Waals surface area (Å²) < 4.78 is 5.36. The van der Waals surface area contributed by atoms with Gasteiger partial charge in [0.2, 0.25) is 0 Å². The zero-order valence-corrected chi connectivity index (χ0v) is 7.73. The van der Waals surface area contributed by atoms with Crippen molar-refractivity contribution in [2.45, 2.75) is 38.1 Å². The summed E-state index contributed by atoms with van der Waals surface area (Å²) in [4.78, 5) is 0. The highest BCUT2D eigenvalue weighted by atomic mass is 16.5. The van der Waals surface area contributed by atoms with Crippen LogP contribution >= 0.6 is 0 Å². The van der Waals surface area contributed by atoms with Crippen LogP contribution in [0.5, 0.6) is 0 Å².